The van der Waals surface area contributed by atoms with Crippen LogP contribution in [0, 0.1) is 0 Å². The minimum absolute atomic E-state index is 0.443. The molecule has 60 valence electrons. The maximum Gasteiger partial charge on any atom is 0.156 e. The van der Waals surface area contributed by atoms with Crippen molar-refractivity contribution in [3.63, 3.8) is 0 Å². The first kappa shape index (κ1) is 8.10. The molecule has 1 atom stereocenters. The van der Waals surface area contributed by atoms with Crippen LogP contribution in [0.15, 0.2) is 18.5 Å². The van der Waals surface area contributed by atoms with Gasteiger partial charge in [0, 0.05) is 12.4 Å². The summed E-state index contributed by atoms with van der Waals surface area (Å²) in [4.78, 5) is 7.76. The van der Waals surface area contributed by atoms with E-state index in [1.165, 1.54) is 0 Å². The number of rotatable bonds is 3. The van der Waals surface area contributed by atoms with Crippen molar-refractivity contribution >= 4 is 0 Å². The van der Waals surface area contributed by atoms with Gasteiger partial charge in [-0.25, -0.2) is 9.97 Å². The van der Waals surface area contributed by atoms with E-state index < -0.39 is 6.10 Å². The van der Waals surface area contributed by atoms with Crippen molar-refractivity contribution in [3.05, 3.63) is 24.3 Å². The van der Waals surface area contributed by atoms with Crippen molar-refractivity contribution in [3.8, 4) is 0 Å². The molecule has 1 aromatic heterocycles. The van der Waals surface area contributed by atoms with Crippen molar-refractivity contribution in [2.24, 2.45) is 5.73 Å². The maximum absolute atomic E-state index is 9.32. The van der Waals surface area contributed by atoms with Crippen LogP contribution < -0.4 is 5.73 Å². The molecule has 4 nitrogen and oxygen atoms in total. The Labute approximate surface area is 65.1 Å². The lowest BCUT2D eigenvalue weighted by Crippen LogP contribution is -2.09. The van der Waals surface area contributed by atoms with E-state index in [1.54, 1.807) is 18.5 Å². The van der Waals surface area contributed by atoms with Gasteiger partial charge in [-0.3, -0.25) is 0 Å². The van der Waals surface area contributed by atoms with E-state index in [-0.39, 0.29) is 0 Å². The largest absolute Gasteiger partial charge is 0.385 e. The molecule has 11 heavy (non-hydrogen) atoms. The van der Waals surface area contributed by atoms with E-state index in [2.05, 4.69) is 9.97 Å². The summed E-state index contributed by atoms with van der Waals surface area (Å²) in [5.74, 6) is 0.443. The van der Waals surface area contributed by atoms with Gasteiger partial charge in [0.05, 0.1) is 0 Å². The molecule has 1 aromatic rings. The van der Waals surface area contributed by atoms with Gasteiger partial charge in [0.2, 0.25) is 0 Å². The number of aliphatic hydroxyl groups excluding tert-OH is 1. The highest BCUT2D eigenvalue weighted by Gasteiger charge is 2.07. The maximum atomic E-state index is 9.32. The lowest BCUT2D eigenvalue weighted by molar-refractivity contribution is 0.160. The summed E-state index contributed by atoms with van der Waals surface area (Å²) in [5, 5.41) is 9.32. The Morgan fingerprint density at radius 2 is 2.09 bits per heavy atom. The van der Waals surface area contributed by atoms with Gasteiger partial charge in [0.15, 0.2) is 5.82 Å². The topological polar surface area (TPSA) is 72.0 Å². The highest BCUT2D eigenvalue weighted by Crippen LogP contribution is 2.08. The fourth-order valence-corrected chi connectivity index (χ4v) is 0.770. The first-order valence-electron chi connectivity index (χ1n) is 3.49. The Morgan fingerprint density at radius 1 is 1.45 bits per heavy atom. The van der Waals surface area contributed by atoms with Crippen LogP contribution >= 0.6 is 0 Å². The summed E-state index contributed by atoms with van der Waals surface area (Å²) in [6.07, 6.45) is 3.08. The molecule has 4 heteroatoms. The first-order valence-corrected chi connectivity index (χ1v) is 3.49. The fourth-order valence-electron chi connectivity index (χ4n) is 0.770. The Kier molecular flexibility index (Phi) is 2.95. The molecule has 0 saturated heterocycles. The summed E-state index contributed by atoms with van der Waals surface area (Å²) in [7, 11) is 0. The lowest BCUT2D eigenvalue weighted by atomic mass is 10.2. The zero-order valence-electron chi connectivity index (χ0n) is 6.14. The third-order valence-corrected chi connectivity index (χ3v) is 1.32. The molecule has 0 aliphatic rings. The Morgan fingerprint density at radius 3 is 2.64 bits per heavy atom. The van der Waals surface area contributed by atoms with Crippen LogP contribution in [0.2, 0.25) is 0 Å². The fraction of sp³-hybridized carbons (Fsp3) is 0.429. The normalized spacial score (nSPS) is 12.9. The third-order valence-electron chi connectivity index (χ3n) is 1.32. The summed E-state index contributed by atoms with van der Waals surface area (Å²) < 4.78 is 0. The summed E-state index contributed by atoms with van der Waals surface area (Å²) in [5.41, 5.74) is 5.25. The highest BCUT2D eigenvalue weighted by atomic mass is 16.3. The molecule has 0 bridgehead atoms. The monoisotopic (exact) mass is 153 g/mol. The number of nitrogens with zero attached hydrogens (tertiary/aromatic N) is 2. The Balaban J connectivity index is 2.61. The number of nitrogens with two attached hydrogens (primary N) is 1. The van der Waals surface area contributed by atoms with Crippen LogP contribution in [0.25, 0.3) is 0 Å². The summed E-state index contributed by atoms with van der Waals surface area (Å²) >= 11 is 0. The van der Waals surface area contributed by atoms with Crippen LogP contribution in [0.4, 0.5) is 0 Å². The molecule has 0 spiro atoms. The molecule has 0 aliphatic carbocycles. The average molecular weight is 153 g/mol. The lowest BCUT2D eigenvalue weighted by Gasteiger charge is -2.05. The van der Waals surface area contributed by atoms with Gasteiger partial charge in [-0.2, -0.15) is 0 Å². The molecule has 0 aromatic carbocycles. The average Bonchev–Trinajstić information content (AvgIpc) is 2.07. The zero-order chi connectivity index (χ0) is 8.10. The van der Waals surface area contributed by atoms with Gasteiger partial charge in [-0.05, 0) is 19.0 Å². The van der Waals surface area contributed by atoms with E-state index in [9.17, 15) is 5.11 Å². The molecule has 0 saturated carbocycles. The first-order chi connectivity index (χ1) is 5.34. The van der Waals surface area contributed by atoms with E-state index in [4.69, 9.17) is 5.73 Å². The molecular formula is C7H11N3O. The Bertz CT molecular complexity index is 202. The van der Waals surface area contributed by atoms with Crippen molar-refractivity contribution in [1.82, 2.24) is 9.97 Å². The van der Waals surface area contributed by atoms with Crippen molar-refractivity contribution < 1.29 is 5.11 Å². The van der Waals surface area contributed by atoms with E-state index in [1.807, 2.05) is 0 Å². The molecular weight excluding hydrogens is 142 g/mol. The summed E-state index contributed by atoms with van der Waals surface area (Å²) in [6, 6.07) is 1.71. The van der Waals surface area contributed by atoms with Crippen LogP contribution in [-0.2, 0) is 0 Å². The van der Waals surface area contributed by atoms with Gasteiger partial charge in [0.1, 0.15) is 6.10 Å². The SMILES string of the molecule is NCC[C@@H](O)c1ncccn1. The van der Waals surface area contributed by atoms with E-state index in [0.717, 1.165) is 0 Å². The quantitative estimate of drug-likeness (QED) is 0.634. The number of hydrogen-bond acceptors (Lipinski definition) is 4. The second-order valence-electron chi connectivity index (χ2n) is 2.20. The van der Waals surface area contributed by atoms with Gasteiger partial charge < -0.3 is 10.8 Å². The van der Waals surface area contributed by atoms with Gasteiger partial charge >= 0.3 is 0 Å². The number of aliphatic hydroxyl groups is 1. The third kappa shape index (κ3) is 2.25. The molecule has 3 N–H and O–H groups in total. The second kappa shape index (κ2) is 4.00. The second-order valence-corrected chi connectivity index (χ2v) is 2.20. The van der Waals surface area contributed by atoms with Crippen LogP contribution in [-0.4, -0.2) is 21.6 Å². The molecule has 0 amide bonds. The van der Waals surface area contributed by atoms with Crippen LogP contribution in [0.3, 0.4) is 0 Å². The van der Waals surface area contributed by atoms with E-state index in [0.29, 0.717) is 18.8 Å². The Hall–Kier alpha value is -1.00. The predicted molar refractivity (Wildman–Crippen MR) is 40.7 cm³/mol. The molecule has 0 radical (unpaired) electrons. The van der Waals surface area contributed by atoms with Crippen molar-refractivity contribution in [2.75, 3.05) is 6.54 Å². The molecule has 1 rings (SSSR count). The van der Waals surface area contributed by atoms with Crippen LogP contribution in [0.5, 0.6) is 0 Å². The minimum Gasteiger partial charge on any atom is -0.385 e. The molecule has 1 heterocycles. The smallest absolute Gasteiger partial charge is 0.156 e. The molecule has 0 fully saturated rings. The highest BCUT2D eigenvalue weighted by molar-refractivity contribution is 4.92. The predicted octanol–water partition coefficient (Wildman–Crippen LogP) is -0.141. The van der Waals surface area contributed by atoms with Gasteiger partial charge in [-0.15, -0.1) is 0 Å². The van der Waals surface area contributed by atoms with E-state index >= 15 is 0 Å². The van der Waals surface area contributed by atoms with Gasteiger partial charge in [-0.1, -0.05) is 0 Å². The van der Waals surface area contributed by atoms with Crippen LogP contribution in [0.1, 0.15) is 18.3 Å². The number of aromatic nitrogens is 2. The molecule has 0 unspecified atom stereocenters. The van der Waals surface area contributed by atoms with Crippen molar-refractivity contribution in [1.29, 1.82) is 0 Å². The number of hydrogen-bond donors (Lipinski definition) is 2. The van der Waals surface area contributed by atoms with Gasteiger partial charge in [0.25, 0.3) is 0 Å². The summed E-state index contributed by atoms with van der Waals surface area (Å²) in [6.45, 7) is 0.444. The van der Waals surface area contributed by atoms with Crippen molar-refractivity contribution in [2.45, 2.75) is 12.5 Å². The zero-order valence-corrected chi connectivity index (χ0v) is 6.14. The standard InChI is InChI=1S/C7H11N3O/c8-3-2-6(11)7-9-4-1-5-10-7/h1,4-6,11H,2-3,8H2/t6-/m1/s1. The minimum atomic E-state index is -0.624. The molecule has 0 aliphatic heterocycles.